The second-order valence-electron chi connectivity index (χ2n) is 5.46. The van der Waals surface area contributed by atoms with Crippen molar-refractivity contribution in [3.8, 4) is 11.5 Å². The molecule has 0 unspecified atom stereocenters. The summed E-state index contributed by atoms with van der Waals surface area (Å²) in [6.07, 6.45) is 0.601. The molecule has 1 heterocycles. The number of carbonyl (C=O) groups is 1. The minimum atomic E-state index is -0.510. The van der Waals surface area contributed by atoms with E-state index in [1.807, 2.05) is 55.5 Å². The third kappa shape index (κ3) is 3.29. The molecule has 0 aromatic heterocycles. The molecule has 1 aliphatic rings. The van der Waals surface area contributed by atoms with E-state index in [0.29, 0.717) is 18.7 Å². The first-order valence-electron chi connectivity index (χ1n) is 7.69. The minimum absolute atomic E-state index is 0.0867. The van der Waals surface area contributed by atoms with Gasteiger partial charge in [-0.2, -0.15) is 0 Å². The Labute approximate surface area is 135 Å². The fourth-order valence-corrected chi connectivity index (χ4v) is 2.50. The maximum absolute atomic E-state index is 12.7. The average molecular weight is 312 g/mol. The van der Waals surface area contributed by atoms with Crippen molar-refractivity contribution in [1.29, 1.82) is 0 Å². The van der Waals surface area contributed by atoms with Crippen molar-refractivity contribution in [2.45, 2.75) is 25.9 Å². The Morgan fingerprint density at radius 2 is 1.91 bits per heavy atom. The summed E-state index contributed by atoms with van der Waals surface area (Å²) in [5.41, 5.74) is 7.76. The average Bonchev–Trinajstić information content (AvgIpc) is 3.07. The van der Waals surface area contributed by atoms with Gasteiger partial charge in [0.25, 0.3) is 0 Å². The van der Waals surface area contributed by atoms with E-state index in [9.17, 15) is 4.79 Å². The molecular formula is C18H20N2O3. The number of fused-ring (bicyclic) bond motifs is 1. The number of amides is 1. The van der Waals surface area contributed by atoms with Crippen molar-refractivity contribution in [3.05, 3.63) is 54.1 Å². The zero-order chi connectivity index (χ0) is 16.2. The standard InChI is InChI=1S/C18H20N2O3/c1-2-15(19)18(21)20(14-6-4-3-5-7-14)11-13-8-9-16-17(10-13)23-12-22-16/h3-10,15H,2,11-12,19H2,1H3/t15-/m0/s1. The topological polar surface area (TPSA) is 64.8 Å². The Morgan fingerprint density at radius 1 is 1.17 bits per heavy atom. The van der Waals surface area contributed by atoms with Gasteiger partial charge in [-0.1, -0.05) is 31.2 Å². The van der Waals surface area contributed by atoms with Gasteiger partial charge in [-0.3, -0.25) is 4.79 Å². The number of para-hydroxylation sites is 1. The van der Waals surface area contributed by atoms with Crippen LogP contribution in [0.4, 0.5) is 5.69 Å². The van der Waals surface area contributed by atoms with E-state index in [1.54, 1.807) is 4.90 Å². The fraction of sp³-hybridized carbons (Fsp3) is 0.278. The van der Waals surface area contributed by atoms with Crippen LogP contribution in [0.25, 0.3) is 0 Å². The van der Waals surface area contributed by atoms with Gasteiger partial charge in [0.2, 0.25) is 12.7 Å². The van der Waals surface area contributed by atoms with Crippen molar-refractivity contribution in [3.63, 3.8) is 0 Å². The van der Waals surface area contributed by atoms with E-state index in [-0.39, 0.29) is 12.7 Å². The molecule has 2 aromatic carbocycles. The van der Waals surface area contributed by atoms with Crippen LogP contribution in [0.15, 0.2) is 48.5 Å². The molecule has 5 nitrogen and oxygen atoms in total. The second-order valence-corrected chi connectivity index (χ2v) is 5.46. The van der Waals surface area contributed by atoms with E-state index in [0.717, 1.165) is 17.0 Å². The van der Waals surface area contributed by atoms with Gasteiger partial charge < -0.3 is 20.1 Å². The predicted octanol–water partition coefficient (Wildman–Crippen LogP) is 2.69. The van der Waals surface area contributed by atoms with Crippen LogP contribution in [0.2, 0.25) is 0 Å². The van der Waals surface area contributed by atoms with Gasteiger partial charge in [-0.15, -0.1) is 0 Å². The highest BCUT2D eigenvalue weighted by Gasteiger charge is 2.22. The van der Waals surface area contributed by atoms with E-state index >= 15 is 0 Å². The number of nitrogens with two attached hydrogens (primary N) is 1. The van der Waals surface area contributed by atoms with Crippen molar-refractivity contribution in [2.24, 2.45) is 5.73 Å². The number of ether oxygens (including phenoxy) is 2. The molecule has 0 radical (unpaired) electrons. The summed E-state index contributed by atoms with van der Waals surface area (Å²) in [4.78, 5) is 14.4. The molecule has 5 heteroatoms. The molecule has 0 aliphatic carbocycles. The van der Waals surface area contributed by atoms with E-state index in [2.05, 4.69) is 0 Å². The van der Waals surface area contributed by atoms with E-state index < -0.39 is 6.04 Å². The first-order chi connectivity index (χ1) is 11.2. The van der Waals surface area contributed by atoms with Crippen molar-refractivity contribution in [1.82, 2.24) is 0 Å². The molecule has 2 aromatic rings. The van der Waals surface area contributed by atoms with Crippen LogP contribution in [0.3, 0.4) is 0 Å². The molecule has 2 N–H and O–H groups in total. The monoisotopic (exact) mass is 312 g/mol. The van der Waals surface area contributed by atoms with Gasteiger partial charge in [0.05, 0.1) is 12.6 Å². The molecular weight excluding hydrogens is 292 g/mol. The van der Waals surface area contributed by atoms with Gasteiger partial charge in [0.1, 0.15) is 0 Å². The summed E-state index contributed by atoms with van der Waals surface area (Å²) >= 11 is 0. The molecule has 23 heavy (non-hydrogen) atoms. The molecule has 1 amide bonds. The predicted molar refractivity (Wildman–Crippen MR) is 88.5 cm³/mol. The number of benzene rings is 2. The largest absolute Gasteiger partial charge is 0.454 e. The van der Waals surface area contributed by atoms with Gasteiger partial charge >= 0.3 is 0 Å². The van der Waals surface area contributed by atoms with Crippen LogP contribution in [0.1, 0.15) is 18.9 Å². The highest BCUT2D eigenvalue weighted by molar-refractivity contribution is 5.96. The molecule has 1 aliphatic heterocycles. The Balaban J connectivity index is 1.88. The number of carbonyl (C=O) groups excluding carboxylic acids is 1. The fourth-order valence-electron chi connectivity index (χ4n) is 2.50. The van der Waals surface area contributed by atoms with Crippen LogP contribution in [-0.4, -0.2) is 18.7 Å². The molecule has 0 spiro atoms. The van der Waals surface area contributed by atoms with Gasteiger partial charge in [0, 0.05) is 5.69 Å². The number of anilines is 1. The lowest BCUT2D eigenvalue weighted by Crippen LogP contribution is -2.43. The summed E-state index contributed by atoms with van der Waals surface area (Å²) in [6, 6.07) is 14.8. The summed E-state index contributed by atoms with van der Waals surface area (Å²) in [5, 5.41) is 0. The highest BCUT2D eigenvalue weighted by Crippen LogP contribution is 2.33. The lowest BCUT2D eigenvalue weighted by atomic mass is 10.1. The van der Waals surface area contributed by atoms with Crippen molar-refractivity contribution in [2.75, 3.05) is 11.7 Å². The Hall–Kier alpha value is -2.53. The maximum atomic E-state index is 12.7. The van der Waals surface area contributed by atoms with E-state index in [1.165, 1.54) is 0 Å². The molecule has 0 saturated heterocycles. The van der Waals surface area contributed by atoms with E-state index in [4.69, 9.17) is 15.2 Å². The van der Waals surface area contributed by atoms with Crippen molar-refractivity contribution < 1.29 is 14.3 Å². The first-order valence-corrected chi connectivity index (χ1v) is 7.69. The highest BCUT2D eigenvalue weighted by atomic mass is 16.7. The quantitative estimate of drug-likeness (QED) is 0.922. The molecule has 120 valence electrons. The summed E-state index contributed by atoms with van der Waals surface area (Å²) in [6.45, 7) is 2.58. The number of hydrogen-bond acceptors (Lipinski definition) is 4. The third-order valence-electron chi connectivity index (χ3n) is 3.87. The molecule has 3 rings (SSSR count). The van der Waals surface area contributed by atoms with Crippen LogP contribution >= 0.6 is 0 Å². The zero-order valence-corrected chi connectivity index (χ0v) is 13.1. The maximum Gasteiger partial charge on any atom is 0.244 e. The van der Waals surface area contributed by atoms with Gasteiger partial charge in [-0.05, 0) is 36.2 Å². The van der Waals surface area contributed by atoms with Gasteiger partial charge in [-0.25, -0.2) is 0 Å². The van der Waals surface area contributed by atoms with Crippen LogP contribution in [-0.2, 0) is 11.3 Å². The lowest BCUT2D eigenvalue weighted by Gasteiger charge is -2.25. The zero-order valence-electron chi connectivity index (χ0n) is 13.1. The van der Waals surface area contributed by atoms with Crippen LogP contribution in [0.5, 0.6) is 11.5 Å². The second kappa shape index (κ2) is 6.71. The van der Waals surface area contributed by atoms with Crippen LogP contribution < -0.4 is 20.1 Å². The first kappa shape index (κ1) is 15.4. The molecule has 0 fully saturated rings. The molecule has 0 saturated carbocycles. The SMILES string of the molecule is CC[C@H](N)C(=O)N(Cc1ccc2c(c1)OCO2)c1ccccc1. The Kier molecular flexibility index (Phi) is 4.48. The minimum Gasteiger partial charge on any atom is -0.454 e. The summed E-state index contributed by atoms with van der Waals surface area (Å²) in [5.74, 6) is 1.36. The van der Waals surface area contributed by atoms with Gasteiger partial charge in [0.15, 0.2) is 11.5 Å². The Morgan fingerprint density at radius 3 is 2.65 bits per heavy atom. The number of hydrogen-bond donors (Lipinski definition) is 1. The molecule has 1 atom stereocenters. The Bertz CT molecular complexity index is 688. The lowest BCUT2D eigenvalue weighted by molar-refractivity contribution is -0.120. The van der Waals surface area contributed by atoms with Crippen molar-refractivity contribution >= 4 is 11.6 Å². The third-order valence-corrected chi connectivity index (χ3v) is 3.87. The normalized spacial score (nSPS) is 13.7. The van der Waals surface area contributed by atoms with Crippen LogP contribution in [0, 0.1) is 0 Å². The number of rotatable bonds is 5. The summed E-state index contributed by atoms with van der Waals surface area (Å²) < 4.78 is 10.7. The summed E-state index contributed by atoms with van der Waals surface area (Å²) in [7, 11) is 0. The number of nitrogens with zero attached hydrogens (tertiary/aromatic N) is 1. The molecule has 0 bridgehead atoms. The smallest absolute Gasteiger partial charge is 0.244 e.